The third kappa shape index (κ3) is 3.26. The van der Waals surface area contributed by atoms with Gasteiger partial charge in [-0.2, -0.15) is 0 Å². The van der Waals surface area contributed by atoms with Crippen LogP contribution in [0, 0.1) is 3.57 Å². The first-order valence-electron chi connectivity index (χ1n) is 6.11. The Morgan fingerprint density at radius 3 is 2.21 bits per heavy atom. The minimum Gasteiger partial charge on any atom is -0.479 e. The van der Waals surface area contributed by atoms with Gasteiger partial charge in [-0.1, -0.05) is 19.1 Å². The number of carbonyl (C=O) groups is 2. The lowest BCUT2D eigenvalue weighted by Crippen LogP contribution is -2.52. The molecule has 0 aliphatic carbocycles. The van der Waals surface area contributed by atoms with Crippen LogP contribution in [-0.4, -0.2) is 28.4 Å². The van der Waals surface area contributed by atoms with E-state index in [0.717, 1.165) is 3.57 Å². The predicted octanol–water partition coefficient (Wildman–Crippen LogP) is 2.85. The summed E-state index contributed by atoms with van der Waals surface area (Å²) in [5, 5.41) is 9.61. The average molecular weight is 375 g/mol. The number of halogens is 1. The molecule has 1 amide bonds. The predicted molar refractivity (Wildman–Crippen MR) is 81.8 cm³/mol. The number of aliphatic carboxylic acids is 1. The Balaban J connectivity index is 3.33. The Morgan fingerprint density at radius 1 is 1.32 bits per heavy atom. The highest BCUT2D eigenvalue weighted by atomic mass is 127. The topological polar surface area (TPSA) is 57.6 Å². The Bertz CT molecular complexity index is 472. The van der Waals surface area contributed by atoms with Crippen LogP contribution >= 0.6 is 22.6 Å². The molecule has 1 aromatic carbocycles. The van der Waals surface area contributed by atoms with Crippen molar-refractivity contribution in [1.29, 1.82) is 0 Å². The second kappa shape index (κ2) is 6.36. The van der Waals surface area contributed by atoms with Crippen LogP contribution in [0.5, 0.6) is 0 Å². The molecule has 5 heteroatoms. The van der Waals surface area contributed by atoms with Crippen LogP contribution in [-0.2, 0) is 15.1 Å². The zero-order valence-corrected chi connectivity index (χ0v) is 13.5. The van der Waals surface area contributed by atoms with E-state index in [1.54, 1.807) is 19.1 Å². The molecule has 0 aliphatic heterocycles. The molecule has 0 aromatic heterocycles. The third-order valence-electron chi connectivity index (χ3n) is 3.19. The van der Waals surface area contributed by atoms with E-state index in [2.05, 4.69) is 22.6 Å². The molecule has 0 heterocycles. The minimum absolute atomic E-state index is 0.231. The van der Waals surface area contributed by atoms with E-state index in [9.17, 15) is 14.7 Å². The third-order valence-corrected chi connectivity index (χ3v) is 3.91. The molecule has 1 unspecified atom stereocenters. The maximum absolute atomic E-state index is 11.8. The molecule has 0 bridgehead atoms. The monoisotopic (exact) mass is 375 g/mol. The van der Waals surface area contributed by atoms with Crippen molar-refractivity contribution in [2.24, 2.45) is 0 Å². The molecule has 0 spiro atoms. The first kappa shape index (κ1) is 15.9. The van der Waals surface area contributed by atoms with Crippen molar-refractivity contribution in [3.05, 3.63) is 33.4 Å². The van der Waals surface area contributed by atoms with Gasteiger partial charge in [0, 0.05) is 17.0 Å². The number of hydrogen-bond acceptors (Lipinski definition) is 2. The Kier molecular flexibility index (Phi) is 5.34. The zero-order chi connectivity index (χ0) is 14.6. The fourth-order valence-corrected chi connectivity index (χ4v) is 2.45. The van der Waals surface area contributed by atoms with E-state index in [1.165, 1.54) is 11.8 Å². The summed E-state index contributed by atoms with van der Waals surface area (Å²) < 4.78 is 1.03. The van der Waals surface area contributed by atoms with Gasteiger partial charge in [-0.25, -0.2) is 4.79 Å². The maximum Gasteiger partial charge on any atom is 0.334 e. The number of rotatable bonds is 5. The first-order chi connectivity index (χ1) is 8.83. The standard InChI is InChI=1S/C14H18INO3/c1-4-9-16(10(2)17)14(3,13(18)19)11-5-7-12(15)8-6-11/h5-8H,4,9H2,1-3H3,(H,18,19). The van der Waals surface area contributed by atoms with Gasteiger partial charge in [0.25, 0.3) is 0 Å². The number of benzene rings is 1. The summed E-state index contributed by atoms with van der Waals surface area (Å²) >= 11 is 2.16. The fourth-order valence-electron chi connectivity index (χ4n) is 2.09. The van der Waals surface area contributed by atoms with Crippen LogP contribution in [0.2, 0.25) is 0 Å². The Hall–Kier alpha value is -1.11. The van der Waals surface area contributed by atoms with E-state index in [-0.39, 0.29) is 5.91 Å². The lowest BCUT2D eigenvalue weighted by Gasteiger charge is -2.37. The van der Waals surface area contributed by atoms with E-state index in [1.807, 2.05) is 19.1 Å². The molecule has 1 atom stereocenters. The van der Waals surface area contributed by atoms with Crippen LogP contribution in [0.4, 0.5) is 0 Å². The summed E-state index contributed by atoms with van der Waals surface area (Å²) in [6, 6.07) is 7.23. The van der Waals surface area contributed by atoms with Crippen molar-refractivity contribution in [2.45, 2.75) is 32.7 Å². The summed E-state index contributed by atoms with van der Waals surface area (Å²) in [6.45, 7) is 5.33. The Labute approximate surface area is 126 Å². The van der Waals surface area contributed by atoms with Crippen LogP contribution in [0.25, 0.3) is 0 Å². The van der Waals surface area contributed by atoms with Gasteiger partial charge < -0.3 is 10.0 Å². The van der Waals surface area contributed by atoms with Gasteiger partial charge >= 0.3 is 5.97 Å². The fraction of sp³-hybridized carbons (Fsp3) is 0.429. The van der Waals surface area contributed by atoms with Crippen molar-refractivity contribution in [1.82, 2.24) is 4.90 Å². The number of nitrogens with zero attached hydrogens (tertiary/aromatic N) is 1. The lowest BCUT2D eigenvalue weighted by molar-refractivity contribution is -0.158. The molecule has 19 heavy (non-hydrogen) atoms. The van der Waals surface area contributed by atoms with Gasteiger partial charge in [-0.15, -0.1) is 0 Å². The molecule has 4 nitrogen and oxygen atoms in total. The molecule has 0 radical (unpaired) electrons. The second-order valence-corrected chi connectivity index (χ2v) is 5.80. The lowest BCUT2D eigenvalue weighted by atomic mass is 9.89. The van der Waals surface area contributed by atoms with Gasteiger partial charge in [0.2, 0.25) is 5.91 Å². The van der Waals surface area contributed by atoms with Crippen molar-refractivity contribution >= 4 is 34.5 Å². The number of hydrogen-bond donors (Lipinski definition) is 1. The van der Waals surface area contributed by atoms with E-state index in [0.29, 0.717) is 18.5 Å². The van der Waals surface area contributed by atoms with Crippen LogP contribution in [0.15, 0.2) is 24.3 Å². The molecule has 0 saturated heterocycles. The molecule has 0 fully saturated rings. The quantitative estimate of drug-likeness (QED) is 0.806. The molecular formula is C14H18INO3. The SMILES string of the molecule is CCCN(C(C)=O)C(C)(C(=O)O)c1ccc(I)cc1. The van der Waals surface area contributed by atoms with Gasteiger partial charge in [-0.05, 0) is 53.6 Å². The molecular weight excluding hydrogens is 357 g/mol. The second-order valence-electron chi connectivity index (χ2n) is 4.55. The average Bonchev–Trinajstić information content (AvgIpc) is 2.35. The number of carboxylic acid groups (broad SMARTS) is 1. The van der Waals surface area contributed by atoms with Crippen LogP contribution in [0.1, 0.15) is 32.8 Å². The minimum atomic E-state index is -1.33. The van der Waals surface area contributed by atoms with Crippen molar-refractivity contribution in [2.75, 3.05) is 6.54 Å². The van der Waals surface area contributed by atoms with Crippen molar-refractivity contribution in [3.63, 3.8) is 0 Å². The number of carbonyl (C=O) groups excluding carboxylic acids is 1. The molecule has 0 saturated carbocycles. The Morgan fingerprint density at radius 2 is 1.84 bits per heavy atom. The zero-order valence-electron chi connectivity index (χ0n) is 11.3. The summed E-state index contributed by atoms with van der Waals surface area (Å²) in [5.41, 5.74) is -0.712. The smallest absolute Gasteiger partial charge is 0.334 e. The number of amides is 1. The highest BCUT2D eigenvalue weighted by Crippen LogP contribution is 2.29. The molecule has 1 aromatic rings. The van der Waals surface area contributed by atoms with Crippen molar-refractivity contribution in [3.8, 4) is 0 Å². The number of carboxylic acids is 1. The van der Waals surface area contributed by atoms with E-state index in [4.69, 9.17) is 0 Å². The summed E-state index contributed by atoms with van der Waals surface area (Å²) in [6.07, 6.45) is 0.715. The molecule has 1 rings (SSSR count). The van der Waals surface area contributed by atoms with E-state index < -0.39 is 11.5 Å². The summed E-state index contributed by atoms with van der Waals surface area (Å²) in [4.78, 5) is 24.9. The summed E-state index contributed by atoms with van der Waals surface area (Å²) in [5.74, 6) is -1.25. The maximum atomic E-state index is 11.8. The van der Waals surface area contributed by atoms with Crippen LogP contribution in [0.3, 0.4) is 0 Å². The van der Waals surface area contributed by atoms with Gasteiger partial charge in [0.1, 0.15) is 0 Å². The normalized spacial score (nSPS) is 13.7. The first-order valence-corrected chi connectivity index (χ1v) is 7.19. The highest BCUT2D eigenvalue weighted by Gasteiger charge is 2.42. The van der Waals surface area contributed by atoms with Crippen molar-refractivity contribution < 1.29 is 14.7 Å². The van der Waals surface area contributed by atoms with E-state index >= 15 is 0 Å². The molecule has 1 N–H and O–H groups in total. The molecule has 0 aliphatic rings. The van der Waals surface area contributed by atoms with Gasteiger partial charge in [0.05, 0.1) is 0 Å². The van der Waals surface area contributed by atoms with Gasteiger partial charge in [-0.3, -0.25) is 4.79 Å². The summed E-state index contributed by atoms with van der Waals surface area (Å²) in [7, 11) is 0. The van der Waals surface area contributed by atoms with Crippen LogP contribution < -0.4 is 0 Å². The molecule has 104 valence electrons. The van der Waals surface area contributed by atoms with Gasteiger partial charge in [0.15, 0.2) is 5.54 Å². The largest absolute Gasteiger partial charge is 0.479 e. The highest BCUT2D eigenvalue weighted by molar-refractivity contribution is 14.1.